The van der Waals surface area contributed by atoms with Crippen LogP contribution < -0.4 is 5.56 Å². The fourth-order valence-corrected chi connectivity index (χ4v) is 1.37. The van der Waals surface area contributed by atoms with E-state index in [-0.39, 0.29) is 11.0 Å². The molecule has 0 aliphatic heterocycles. The van der Waals surface area contributed by atoms with E-state index in [1.165, 1.54) is 10.8 Å². The van der Waals surface area contributed by atoms with Gasteiger partial charge < -0.3 is 0 Å². The molecule has 0 bridgehead atoms. The minimum atomic E-state index is -0.0649. The van der Waals surface area contributed by atoms with Gasteiger partial charge in [-0.2, -0.15) is 0 Å². The van der Waals surface area contributed by atoms with Crippen LogP contribution in [0.1, 0.15) is 26.3 Å². The Morgan fingerprint density at radius 3 is 2.71 bits per heavy atom. The van der Waals surface area contributed by atoms with Gasteiger partial charge >= 0.3 is 0 Å². The average molecular weight is 191 g/mol. The number of aromatic nitrogens is 3. The summed E-state index contributed by atoms with van der Waals surface area (Å²) in [6.45, 7) is 6.22. The predicted octanol–water partition coefficient (Wildman–Crippen LogP) is 1.32. The summed E-state index contributed by atoms with van der Waals surface area (Å²) >= 11 is 0. The lowest BCUT2D eigenvalue weighted by Crippen LogP contribution is -2.19. The maximum Gasteiger partial charge on any atom is 0.271 e. The summed E-state index contributed by atoms with van der Waals surface area (Å²) in [6, 6.07) is 3.57. The van der Waals surface area contributed by atoms with Gasteiger partial charge in [0.1, 0.15) is 6.33 Å². The Kier molecular flexibility index (Phi) is 1.74. The van der Waals surface area contributed by atoms with E-state index < -0.39 is 0 Å². The number of nitrogens with zero attached hydrogens (tertiary/aromatic N) is 2. The lowest BCUT2D eigenvalue weighted by atomic mass is 9.88. The number of pyridine rings is 1. The van der Waals surface area contributed by atoms with Gasteiger partial charge in [-0.05, 0) is 17.0 Å². The molecular formula is C10H13N3O. The first-order chi connectivity index (χ1) is 6.48. The van der Waals surface area contributed by atoms with Crippen LogP contribution in [0, 0.1) is 0 Å². The van der Waals surface area contributed by atoms with E-state index in [0.717, 1.165) is 5.56 Å². The Morgan fingerprint density at radius 2 is 2.07 bits per heavy atom. The number of rotatable bonds is 0. The van der Waals surface area contributed by atoms with Crippen LogP contribution >= 0.6 is 0 Å². The normalized spacial score (nSPS) is 12.2. The van der Waals surface area contributed by atoms with E-state index in [0.29, 0.717) is 5.65 Å². The monoisotopic (exact) mass is 191 g/mol. The molecule has 2 heterocycles. The average Bonchev–Trinajstić information content (AvgIpc) is 2.50. The van der Waals surface area contributed by atoms with Crippen LogP contribution in [0.3, 0.4) is 0 Å². The maximum absolute atomic E-state index is 11.6. The minimum absolute atomic E-state index is 0.0210. The zero-order valence-corrected chi connectivity index (χ0v) is 8.53. The second kappa shape index (κ2) is 2.70. The molecule has 2 aromatic heterocycles. The zero-order valence-electron chi connectivity index (χ0n) is 8.53. The van der Waals surface area contributed by atoms with E-state index in [1.807, 2.05) is 6.07 Å². The van der Waals surface area contributed by atoms with Crippen LogP contribution in [0.15, 0.2) is 23.3 Å². The number of H-pyrrole nitrogens is 1. The molecule has 0 atom stereocenters. The highest BCUT2D eigenvalue weighted by atomic mass is 16.1. The smallest absolute Gasteiger partial charge is 0.271 e. The SMILES string of the molecule is CC(C)(C)c1cc(=O)n2[nH]cnc2c1. The van der Waals surface area contributed by atoms with Crippen molar-refractivity contribution in [1.29, 1.82) is 0 Å². The van der Waals surface area contributed by atoms with Gasteiger partial charge in [-0.25, -0.2) is 9.50 Å². The van der Waals surface area contributed by atoms with Crippen LogP contribution in [0.25, 0.3) is 5.65 Å². The fraction of sp³-hybridized carbons (Fsp3) is 0.400. The second-order valence-corrected chi connectivity index (χ2v) is 4.41. The summed E-state index contributed by atoms with van der Waals surface area (Å²) in [5.74, 6) is 0. The van der Waals surface area contributed by atoms with Crippen LogP contribution in [-0.4, -0.2) is 14.6 Å². The molecule has 74 valence electrons. The van der Waals surface area contributed by atoms with Crippen molar-refractivity contribution >= 4 is 5.65 Å². The summed E-state index contributed by atoms with van der Waals surface area (Å²) in [7, 11) is 0. The second-order valence-electron chi connectivity index (χ2n) is 4.41. The number of aromatic amines is 1. The Bertz CT molecular complexity index is 516. The molecule has 2 aromatic rings. The molecule has 0 unspecified atom stereocenters. The molecule has 0 saturated carbocycles. The fourth-order valence-electron chi connectivity index (χ4n) is 1.37. The van der Waals surface area contributed by atoms with E-state index in [1.54, 1.807) is 6.07 Å². The molecule has 0 amide bonds. The number of hydrogen-bond acceptors (Lipinski definition) is 2. The molecule has 0 aliphatic carbocycles. The molecule has 0 aliphatic rings. The number of nitrogens with one attached hydrogen (secondary N) is 1. The maximum atomic E-state index is 11.6. The van der Waals surface area contributed by atoms with Crippen molar-refractivity contribution in [3.05, 3.63) is 34.4 Å². The van der Waals surface area contributed by atoms with Crippen molar-refractivity contribution < 1.29 is 0 Å². The van der Waals surface area contributed by atoms with Crippen molar-refractivity contribution in [3.8, 4) is 0 Å². The van der Waals surface area contributed by atoms with Crippen molar-refractivity contribution in [3.63, 3.8) is 0 Å². The lowest BCUT2D eigenvalue weighted by Gasteiger charge is -2.18. The summed E-state index contributed by atoms with van der Waals surface area (Å²) < 4.78 is 1.43. The molecule has 0 saturated heterocycles. The third-order valence-corrected chi connectivity index (χ3v) is 2.26. The predicted molar refractivity (Wildman–Crippen MR) is 54.5 cm³/mol. The molecule has 2 rings (SSSR count). The Labute approximate surface area is 81.6 Å². The van der Waals surface area contributed by atoms with E-state index in [9.17, 15) is 4.79 Å². The van der Waals surface area contributed by atoms with Gasteiger partial charge in [-0.3, -0.25) is 9.89 Å². The van der Waals surface area contributed by atoms with Gasteiger partial charge in [0.2, 0.25) is 0 Å². The Morgan fingerprint density at radius 1 is 1.36 bits per heavy atom. The third-order valence-electron chi connectivity index (χ3n) is 2.26. The van der Waals surface area contributed by atoms with Crippen LogP contribution in [0.4, 0.5) is 0 Å². The highest BCUT2D eigenvalue weighted by Gasteiger charge is 2.15. The summed E-state index contributed by atoms with van der Waals surface area (Å²) in [6.07, 6.45) is 1.52. The van der Waals surface area contributed by atoms with E-state index >= 15 is 0 Å². The van der Waals surface area contributed by atoms with Crippen molar-refractivity contribution in [1.82, 2.24) is 14.6 Å². The molecule has 0 fully saturated rings. The number of hydrogen-bond donors (Lipinski definition) is 1. The van der Waals surface area contributed by atoms with Crippen LogP contribution in [0.2, 0.25) is 0 Å². The molecule has 14 heavy (non-hydrogen) atoms. The minimum Gasteiger partial charge on any atom is -0.279 e. The summed E-state index contributed by atoms with van der Waals surface area (Å²) in [5.41, 5.74) is 1.59. The van der Waals surface area contributed by atoms with Crippen LogP contribution in [0.5, 0.6) is 0 Å². The summed E-state index contributed by atoms with van der Waals surface area (Å²) in [5, 5.41) is 2.76. The first-order valence-corrected chi connectivity index (χ1v) is 4.55. The van der Waals surface area contributed by atoms with Gasteiger partial charge in [0.15, 0.2) is 5.65 Å². The molecule has 0 aromatic carbocycles. The Balaban J connectivity index is 2.77. The number of fused-ring (bicyclic) bond motifs is 1. The van der Waals surface area contributed by atoms with Crippen LogP contribution in [-0.2, 0) is 5.41 Å². The van der Waals surface area contributed by atoms with Crippen molar-refractivity contribution in [2.75, 3.05) is 0 Å². The van der Waals surface area contributed by atoms with E-state index in [2.05, 4.69) is 30.9 Å². The largest absolute Gasteiger partial charge is 0.279 e. The highest BCUT2D eigenvalue weighted by molar-refractivity contribution is 5.41. The van der Waals surface area contributed by atoms with Gasteiger partial charge in [0.25, 0.3) is 5.56 Å². The lowest BCUT2D eigenvalue weighted by molar-refractivity contribution is 0.588. The highest BCUT2D eigenvalue weighted by Crippen LogP contribution is 2.20. The van der Waals surface area contributed by atoms with E-state index in [4.69, 9.17) is 0 Å². The first-order valence-electron chi connectivity index (χ1n) is 4.55. The van der Waals surface area contributed by atoms with Gasteiger partial charge in [-0.1, -0.05) is 20.8 Å². The zero-order chi connectivity index (χ0) is 10.3. The molecule has 1 N–H and O–H groups in total. The topological polar surface area (TPSA) is 50.2 Å². The molecular weight excluding hydrogens is 178 g/mol. The van der Waals surface area contributed by atoms with Gasteiger partial charge in [0.05, 0.1) is 0 Å². The molecule has 4 heteroatoms. The quantitative estimate of drug-likeness (QED) is 0.682. The third kappa shape index (κ3) is 1.32. The Hall–Kier alpha value is -1.58. The van der Waals surface area contributed by atoms with Crippen molar-refractivity contribution in [2.24, 2.45) is 0 Å². The molecule has 0 radical (unpaired) electrons. The van der Waals surface area contributed by atoms with Gasteiger partial charge in [0, 0.05) is 6.07 Å². The summed E-state index contributed by atoms with van der Waals surface area (Å²) in [4.78, 5) is 15.7. The van der Waals surface area contributed by atoms with Crippen molar-refractivity contribution in [2.45, 2.75) is 26.2 Å². The molecule has 0 spiro atoms. The first kappa shape index (κ1) is 8.99. The standard InChI is InChI=1S/C10H13N3O/c1-10(2,3)7-4-8-11-6-12-13(8)9(14)5-7/h4-6H,1-3H3,(H,11,12). The van der Waals surface area contributed by atoms with Gasteiger partial charge in [-0.15, -0.1) is 0 Å². The molecule has 4 nitrogen and oxygen atoms in total.